The lowest BCUT2D eigenvalue weighted by Gasteiger charge is -2.18. The average molecular weight is 216 g/mol. The number of ether oxygens (including phenoxy) is 2. The van der Waals surface area contributed by atoms with Gasteiger partial charge in [-0.15, -0.1) is 0 Å². The third-order valence-corrected chi connectivity index (χ3v) is 2.07. The van der Waals surface area contributed by atoms with Crippen LogP contribution >= 0.6 is 11.6 Å². The number of nitro benzene ring substituents is 1. The lowest BCUT2D eigenvalue weighted by molar-refractivity contribution is -0.385. The number of rotatable bonds is 1. The molecule has 1 aromatic carbocycles. The number of fused-ring (bicyclic) bond motifs is 1. The molecule has 1 aliphatic heterocycles. The molecule has 0 fully saturated rings. The zero-order valence-electron chi connectivity index (χ0n) is 7.03. The van der Waals surface area contributed by atoms with Crippen LogP contribution in [0.1, 0.15) is 0 Å². The fourth-order valence-corrected chi connectivity index (χ4v) is 1.46. The highest BCUT2D eigenvalue weighted by atomic mass is 35.5. The molecule has 1 heterocycles. The smallest absolute Gasteiger partial charge is 0.274 e. The van der Waals surface area contributed by atoms with Crippen molar-refractivity contribution < 1.29 is 14.4 Å². The topological polar surface area (TPSA) is 61.6 Å². The maximum absolute atomic E-state index is 10.5. The van der Waals surface area contributed by atoms with E-state index in [2.05, 4.69) is 0 Å². The van der Waals surface area contributed by atoms with Gasteiger partial charge in [0.2, 0.25) is 0 Å². The van der Waals surface area contributed by atoms with Crippen LogP contribution in [0.15, 0.2) is 12.1 Å². The van der Waals surface area contributed by atoms with Crippen LogP contribution in [0.4, 0.5) is 5.69 Å². The van der Waals surface area contributed by atoms with E-state index in [0.717, 1.165) is 0 Å². The summed E-state index contributed by atoms with van der Waals surface area (Å²) in [6, 6.07) is 2.55. The minimum absolute atomic E-state index is 0.0979. The van der Waals surface area contributed by atoms with Gasteiger partial charge in [0, 0.05) is 6.07 Å². The molecule has 5 nitrogen and oxygen atoms in total. The minimum Gasteiger partial charge on any atom is -0.486 e. The molecule has 1 aliphatic rings. The summed E-state index contributed by atoms with van der Waals surface area (Å²) >= 11 is 5.78. The maximum Gasteiger partial charge on any atom is 0.274 e. The zero-order chi connectivity index (χ0) is 10.1. The van der Waals surface area contributed by atoms with Gasteiger partial charge in [-0.25, -0.2) is 0 Å². The molecule has 0 saturated heterocycles. The molecular weight excluding hydrogens is 210 g/mol. The largest absolute Gasteiger partial charge is 0.486 e. The summed E-state index contributed by atoms with van der Waals surface area (Å²) in [5.41, 5.74) is -0.0979. The van der Waals surface area contributed by atoms with Crippen LogP contribution < -0.4 is 9.47 Å². The Morgan fingerprint density at radius 1 is 1.36 bits per heavy atom. The number of hydrogen-bond donors (Lipinski definition) is 0. The maximum atomic E-state index is 10.5. The summed E-state index contributed by atoms with van der Waals surface area (Å²) in [6.07, 6.45) is 0. The molecule has 0 amide bonds. The van der Waals surface area contributed by atoms with E-state index in [4.69, 9.17) is 21.1 Å². The molecule has 2 rings (SSSR count). The molecule has 0 aromatic heterocycles. The summed E-state index contributed by atoms with van der Waals surface area (Å²) in [6.45, 7) is 0.787. The van der Waals surface area contributed by atoms with Crippen LogP contribution in [0.25, 0.3) is 0 Å². The zero-order valence-corrected chi connectivity index (χ0v) is 7.78. The quantitative estimate of drug-likeness (QED) is 0.531. The highest BCUT2D eigenvalue weighted by Gasteiger charge is 2.20. The van der Waals surface area contributed by atoms with E-state index < -0.39 is 4.92 Å². The van der Waals surface area contributed by atoms with Crippen LogP contribution in [-0.4, -0.2) is 18.1 Å². The first kappa shape index (κ1) is 9.08. The Kier molecular flexibility index (Phi) is 2.17. The lowest BCUT2D eigenvalue weighted by atomic mass is 10.2. The molecular formula is C8H6ClNO4. The van der Waals surface area contributed by atoms with Crippen molar-refractivity contribution >= 4 is 17.3 Å². The van der Waals surface area contributed by atoms with E-state index in [1.165, 1.54) is 12.1 Å². The number of halogens is 1. The predicted octanol–water partition coefficient (Wildman–Crippen LogP) is 2.02. The first-order chi connectivity index (χ1) is 6.68. The number of nitrogens with zero attached hydrogens (tertiary/aromatic N) is 1. The van der Waals surface area contributed by atoms with E-state index in [1.807, 2.05) is 0 Å². The third kappa shape index (κ3) is 1.46. The Hall–Kier alpha value is -1.49. The van der Waals surface area contributed by atoms with Gasteiger partial charge < -0.3 is 9.47 Å². The second-order valence-corrected chi connectivity index (χ2v) is 3.12. The van der Waals surface area contributed by atoms with Crippen LogP contribution in [0.5, 0.6) is 11.5 Å². The fraction of sp³-hybridized carbons (Fsp3) is 0.250. The van der Waals surface area contributed by atoms with Gasteiger partial charge in [0.25, 0.3) is 5.69 Å². The second kappa shape index (κ2) is 3.34. The molecule has 0 radical (unpaired) electrons. The van der Waals surface area contributed by atoms with Crippen molar-refractivity contribution in [3.63, 3.8) is 0 Å². The number of nitro groups is 1. The van der Waals surface area contributed by atoms with E-state index >= 15 is 0 Å². The molecule has 0 atom stereocenters. The van der Waals surface area contributed by atoms with Crippen LogP contribution in [0.3, 0.4) is 0 Å². The van der Waals surface area contributed by atoms with E-state index in [-0.39, 0.29) is 10.7 Å². The lowest BCUT2D eigenvalue weighted by Crippen LogP contribution is -2.15. The Morgan fingerprint density at radius 2 is 2.07 bits per heavy atom. The molecule has 0 N–H and O–H groups in total. The van der Waals surface area contributed by atoms with E-state index in [1.54, 1.807) is 0 Å². The molecule has 0 saturated carbocycles. The summed E-state index contributed by atoms with van der Waals surface area (Å²) in [4.78, 5) is 9.97. The molecule has 74 valence electrons. The Bertz CT molecular complexity index is 393. The predicted molar refractivity (Wildman–Crippen MR) is 49.1 cm³/mol. The Labute approximate surface area is 84.3 Å². The fourth-order valence-electron chi connectivity index (χ4n) is 1.20. The highest BCUT2D eigenvalue weighted by Crippen LogP contribution is 2.40. The number of benzene rings is 1. The van der Waals surface area contributed by atoms with Crippen molar-refractivity contribution in [1.82, 2.24) is 0 Å². The van der Waals surface area contributed by atoms with Gasteiger partial charge in [-0.2, -0.15) is 0 Å². The summed E-state index contributed by atoms with van der Waals surface area (Å²) in [5.74, 6) is 0.707. The standard InChI is InChI=1S/C8H6ClNO4/c9-6-3-5(10(11)12)4-7-8(6)14-2-1-13-7/h3-4H,1-2H2. The first-order valence-electron chi connectivity index (χ1n) is 3.92. The summed E-state index contributed by atoms with van der Waals surface area (Å²) < 4.78 is 10.4. The van der Waals surface area contributed by atoms with E-state index in [9.17, 15) is 10.1 Å². The SMILES string of the molecule is O=[N+]([O-])c1cc(Cl)c2c(c1)OCCO2. The van der Waals surface area contributed by atoms with Gasteiger partial charge in [0.15, 0.2) is 11.5 Å². The van der Waals surface area contributed by atoms with Crippen molar-refractivity contribution in [3.8, 4) is 11.5 Å². The summed E-state index contributed by atoms with van der Waals surface area (Å²) in [7, 11) is 0. The molecule has 6 heteroatoms. The Morgan fingerprint density at radius 3 is 2.79 bits per heavy atom. The van der Waals surface area contributed by atoms with Crippen molar-refractivity contribution in [2.45, 2.75) is 0 Å². The van der Waals surface area contributed by atoms with Gasteiger partial charge in [-0.3, -0.25) is 10.1 Å². The molecule has 0 bridgehead atoms. The molecule has 0 spiro atoms. The minimum atomic E-state index is -0.524. The van der Waals surface area contributed by atoms with Crippen molar-refractivity contribution in [2.24, 2.45) is 0 Å². The van der Waals surface area contributed by atoms with Crippen LogP contribution in [0, 0.1) is 10.1 Å². The molecule has 1 aromatic rings. The van der Waals surface area contributed by atoms with Gasteiger partial charge >= 0.3 is 0 Å². The van der Waals surface area contributed by atoms with Crippen molar-refractivity contribution in [1.29, 1.82) is 0 Å². The van der Waals surface area contributed by atoms with Crippen LogP contribution in [-0.2, 0) is 0 Å². The van der Waals surface area contributed by atoms with E-state index in [0.29, 0.717) is 24.7 Å². The number of hydrogen-bond acceptors (Lipinski definition) is 4. The number of non-ortho nitro benzene ring substituents is 1. The van der Waals surface area contributed by atoms with Gasteiger partial charge in [-0.1, -0.05) is 11.6 Å². The molecule has 0 unspecified atom stereocenters. The summed E-state index contributed by atoms with van der Waals surface area (Å²) in [5, 5.41) is 10.7. The monoisotopic (exact) mass is 215 g/mol. The van der Waals surface area contributed by atoms with Crippen LogP contribution in [0.2, 0.25) is 5.02 Å². The van der Waals surface area contributed by atoms with Gasteiger partial charge in [0.05, 0.1) is 16.0 Å². The van der Waals surface area contributed by atoms with Gasteiger partial charge in [-0.05, 0) is 0 Å². The Balaban J connectivity index is 2.51. The van der Waals surface area contributed by atoms with Crippen molar-refractivity contribution in [3.05, 3.63) is 27.3 Å². The molecule has 14 heavy (non-hydrogen) atoms. The normalized spacial score (nSPS) is 13.8. The highest BCUT2D eigenvalue weighted by molar-refractivity contribution is 6.32. The average Bonchev–Trinajstić information content (AvgIpc) is 2.17. The molecule has 0 aliphatic carbocycles. The first-order valence-corrected chi connectivity index (χ1v) is 4.30. The van der Waals surface area contributed by atoms with Gasteiger partial charge in [0.1, 0.15) is 13.2 Å². The second-order valence-electron chi connectivity index (χ2n) is 2.71. The third-order valence-electron chi connectivity index (χ3n) is 1.79. The van der Waals surface area contributed by atoms with Crippen molar-refractivity contribution in [2.75, 3.05) is 13.2 Å².